The number of hydrogen-bond acceptors (Lipinski definition) is 3. The second-order valence-electron chi connectivity index (χ2n) is 9.09. The van der Waals surface area contributed by atoms with E-state index < -0.39 is 5.41 Å². The molecule has 0 unspecified atom stereocenters. The molecule has 1 saturated carbocycles. The minimum atomic E-state index is -0.718. The second-order valence-corrected chi connectivity index (χ2v) is 9.09. The first-order valence-electron chi connectivity index (χ1n) is 10.2. The summed E-state index contributed by atoms with van der Waals surface area (Å²) in [5.74, 6) is -0.372. The summed E-state index contributed by atoms with van der Waals surface area (Å²) in [6.07, 6.45) is 12.8. The van der Waals surface area contributed by atoms with Crippen LogP contribution >= 0.6 is 0 Å². The van der Waals surface area contributed by atoms with Crippen molar-refractivity contribution >= 4 is 11.9 Å². The van der Waals surface area contributed by atoms with Crippen LogP contribution in [0.5, 0.6) is 0 Å². The molecule has 0 aromatic carbocycles. The fraction of sp³-hybridized carbons (Fsp3) is 0.714. The monoisotopic (exact) mass is 374 g/mol. The van der Waals surface area contributed by atoms with Gasteiger partial charge in [-0.25, -0.2) is 4.79 Å². The van der Waals surface area contributed by atoms with Crippen molar-refractivity contribution in [3.05, 3.63) is 23.8 Å². The van der Waals surface area contributed by atoms with E-state index in [1.54, 1.807) is 18.7 Å². The SMILES string of the molecule is CCNC1(C2=CC=CCC2)CCC2(CC1)CN(CC(C)(C)C(N)=O)C(=O)N2. The van der Waals surface area contributed by atoms with Gasteiger partial charge in [0.05, 0.1) is 11.0 Å². The van der Waals surface area contributed by atoms with E-state index in [2.05, 4.69) is 35.8 Å². The Kier molecular flexibility index (Phi) is 5.39. The number of primary amides is 1. The van der Waals surface area contributed by atoms with Crippen LogP contribution < -0.4 is 16.4 Å². The predicted molar refractivity (Wildman–Crippen MR) is 107 cm³/mol. The third-order valence-electron chi connectivity index (χ3n) is 6.61. The van der Waals surface area contributed by atoms with Gasteiger partial charge in [-0.1, -0.05) is 25.2 Å². The summed E-state index contributed by atoms with van der Waals surface area (Å²) in [4.78, 5) is 26.0. The number of hydrogen-bond donors (Lipinski definition) is 3. The number of amides is 3. The number of nitrogens with two attached hydrogens (primary N) is 1. The normalized spacial score (nSPS) is 31.1. The van der Waals surface area contributed by atoms with Gasteiger partial charge in [0.25, 0.3) is 0 Å². The van der Waals surface area contributed by atoms with Crippen molar-refractivity contribution in [1.29, 1.82) is 0 Å². The number of nitrogens with one attached hydrogen (secondary N) is 2. The molecule has 2 fully saturated rings. The number of likely N-dealkylation sites (N-methyl/N-ethyl adjacent to an activating group) is 1. The summed E-state index contributed by atoms with van der Waals surface area (Å²) in [5.41, 5.74) is 6.14. The molecule has 0 aromatic rings. The van der Waals surface area contributed by atoms with E-state index in [1.807, 2.05) is 0 Å². The number of allylic oxidation sites excluding steroid dienone is 3. The van der Waals surface area contributed by atoms with Gasteiger partial charge in [-0.2, -0.15) is 0 Å². The van der Waals surface area contributed by atoms with E-state index in [4.69, 9.17) is 5.73 Å². The van der Waals surface area contributed by atoms with Gasteiger partial charge in [0, 0.05) is 18.6 Å². The Morgan fingerprint density at radius 1 is 1.33 bits per heavy atom. The third kappa shape index (κ3) is 3.91. The Hall–Kier alpha value is -1.82. The fourth-order valence-electron chi connectivity index (χ4n) is 4.85. The van der Waals surface area contributed by atoms with Crippen LogP contribution in [0, 0.1) is 5.41 Å². The largest absolute Gasteiger partial charge is 0.369 e. The van der Waals surface area contributed by atoms with Crippen LogP contribution in [-0.2, 0) is 4.79 Å². The van der Waals surface area contributed by atoms with E-state index >= 15 is 0 Å². The highest BCUT2D eigenvalue weighted by Crippen LogP contribution is 2.43. The summed E-state index contributed by atoms with van der Waals surface area (Å²) < 4.78 is 0. The van der Waals surface area contributed by atoms with E-state index in [9.17, 15) is 9.59 Å². The Balaban J connectivity index is 1.70. The molecule has 4 N–H and O–H groups in total. The molecule has 3 aliphatic rings. The van der Waals surface area contributed by atoms with Crippen molar-refractivity contribution in [2.75, 3.05) is 19.6 Å². The van der Waals surface area contributed by atoms with Gasteiger partial charge in [-0.3, -0.25) is 4.79 Å². The van der Waals surface area contributed by atoms with Crippen LogP contribution in [0.25, 0.3) is 0 Å². The Bertz CT molecular complexity index is 657. The lowest BCUT2D eigenvalue weighted by atomic mass is 9.67. The molecule has 150 valence electrons. The highest BCUT2D eigenvalue weighted by Gasteiger charge is 2.50. The Labute approximate surface area is 162 Å². The van der Waals surface area contributed by atoms with Gasteiger partial charge in [0.2, 0.25) is 5.91 Å². The summed E-state index contributed by atoms with van der Waals surface area (Å²) in [6, 6.07) is -0.0694. The number of urea groups is 1. The average Bonchev–Trinajstić information content (AvgIpc) is 2.93. The van der Waals surface area contributed by atoms with Gasteiger partial charge in [0.15, 0.2) is 0 Å². The van der Waals surface area contributed by atoms with E-state index in [0.717, 1.165) is 45.1 Å². The zero-order valence-corrected chi connectivity index (χ0v) is 16.9. The molecule has 0 atom stereocenters. The van der Waals surface area contributed by atoms with Crippen molar-refractivity contribution in [3.63, 3.8) is 0 Å². The van der Waals surface area contributed by atoms with Crippen LogP contribution in [0.15, 0.2) is 23.8 Å². The van der Waals surface area contributed by atoms with Gasteiger partial charge in [-0.15, -0.1) is 0 Å². The first kappa shape index (κ1) is 19.9. The maximum absolute atomic E-state index is 12.6. The zero-order chi connectivity index (χ0) is 19.7. The van der Waals surface area contributed by atoms with Gasteiger partial charge in [0.1, 0.15) is 0 Å². The fourth-order valence-corrected chi connectivity index (χ4v) is 4.85. The smallest absolute Gasteiger partial charge is 0.318 e. The van der Waals surface area contributed by atoms with Crippen LogP contribution in [0.4, 0.5) is 4.79 Å². The molecule has 3 rings (SSSR count). The lowest BCUT2D eigenvalue weighted by molar-refractivity contribution is -0.126. The molecule has 1 spiro atoms. The molecule has 2 aliphatic carbocycles. The molecule has 0 aromatic heterocycles. The van der Waals surface area contributed by atoms with Crippen molar-refractivity contribution < 1.29 is 9.59 Å². The van der Waals surface area contributed by atoms with Gasteiger partial charge in [-0.05, 0) is 64.5 Å². The summed E-state index contributed by atoms with van der Waals surface area (Å²) in [7, 11) is 0. The van der Waals surface area contributed by atoms with Gasteiger partial charge >= 0.3 is 6.03 Å². The molecular weight excluding hydrogens is 340 g/mol. The topological polar surface area (TPSA) is 87.5 Å². The zero-order valence-electron chi connectivity index (χ0n) is 16.9. The summed E-state index contributed by atoms with van der Waals surface area (Å²) in [6.45, 7) is 7.73. The summed E-state index contributed by atoms with van der Waals surface area (Å²) >= 11 is 0. The van der Waals surface area contributed by atoms with E-state index in [1.165, 1.54) is 5.57 Å². The van der Waals surface area contributed by atoms with Crippen molar-refractivity contribution in [3.8, 4) is 0 Å². The predicted octanol–water partition coefficient (Wildman–Crippen LogP) is 2.46. The highest BCUT2D eigenvalue weighted by molar-refractivity contribution is 5.82. The molecule has 6 heteroatoms. The van der Waals surface area contributed by atoms with Crippen LogP contribution in [0.3, 0.4) is 0 Å². The summed E-state index contributed by atoms with van der Waals surface area (Å²) in [5, 5.41) is 7.00. The molecule has 0 radical (unpaired) electrons. The lowest BCUT2D eigenvalue weighted by Gasteiger charge is -2.47. The number of carbonyl (C=O) groups excluding carboxylic acids is 2. The minimum absolute atomic E-state index is 0.0510. The maximum atomic E-state index is 12.6. The van der Waals surface area contributed by atoms with E-state index in [0.29, 0.717) is 13.1 Å². The quantitative estimate of drug-likeness (QED) is 0.667. The molecule has 1 aliphatic heterocycles. The molecule has 27 heavy (non-hydrogen) atoms. The first-order valence-corrected chi connectivity index (χ1v) is 10.2. The molecule has 1 saturated heterocycles. The standard InChI is InChI=1S/C21H34N4O2/c1-4-23-21(16-8-6-5-7-9-16)12-10-20(11-13-21)15-25(18(27)24-20)14-19(2,3)17(22)26/h5-6,8,23H,4,7,9-15H2,1-3H3,(H2,22,26)(H,24,27). The second kappa shape index (κ2) is 7.30. The Morgan fingerprint density at radius 2 is 2.04 bits per heavy atom. The van der Waals surface area contributed by atoms with Crippen molar-refractivity contribution in [2.24, 2.45) is 11.1 Å². The number of carbonyl (C=O) groups is 2. The van der Waals surface area contributed by atoms with E-state index in [-0.39, 0.29) is 23.0 Å². The molecular formula is C21H34N4O2. The first-order chi connectivity index (χ1) is 12.7. The van der Waals surface area contributed by atoms with Crippen LogP contribution in [-0.4, -0.2) is 47.6 Å². The van der Waals surface area contributed by atoms with Crippen molar-refractivity contribution in [1.82, 2.24) is 15.5 Å². The number of rotatable bonds is 6. The maximum Gasteiger partial charge on any atom is 0.318 e. The van der Waals surface area contributed by atoms with Gasteiger partial charge < -0.3 is 21.3 Å². The minimum Gasteiger partial charge on any atom is -0.369 e. The lowest BCUT2D eigenvalue weighted by Crippen LogP contribution is -2.57. The molecule has 3 amide bonds. The number of nitrogens with zero attached hydrogens (tertiary/aromatic N) is 1. The third-order valence-corrected chi connectivity index (χ3v) is 6.61. The molecule has 6 nitrogen and oxygen atoms in total. The van der Waals surface area contributed by atoms with Crippen molar-refractivity contribution in [2.45, 2.75) is 70.4 Å². The molecule has 0 bridgehead atoms. The Morgan fingerprint density at radius 3 is 2.59 bits per heavy atom. The highest BCUT2D eigenvalue weighted by atomic mass is 16.2. The van der Waals surface area contributed by atoms with Crippen LogP contribution in [0.1, 0.15) is 59.3 Å². The molecule has 1 heterocycles. The van der Waals surface area contributed by atoms with Crippen LogP contribution in [0.2, 0.25) is 0 Å². The average molecular weight is 375 g/mol.